The van der Waals surface area contributed by atoms with Gasteiger partial charge in [-0.3, -0.25) is 0 Å². The second-order valence-electron chi connectivity index (χ2n) is 9.43. The van der Waals surface area contributed by atoms with E-state index in [4.69, 9.17) is 5.73 Å². The lowest BCUT2D eigenvalue weighted by molar-refractivity contribution is 0.867. The summed E-state index contributed by atoms with van der Waals surface area (Å²) < 4.78 is 0. The van der Waals surface area contributed by atoms with Gasteiger partial charge in [0.1, 0.15) is 0 Å². The van der Waals surface area contributed by atoms with Crippen LogP contribution >= 0.6 is 0 Å². The first-order valence-electron chi connectivity index (χ1n) is 11.1. The highest BCUT2D eigenvalue weighted by atomic mass is 14.6. The van der Waals surface area contributed by atoms with Crippen LogP contribution in [-0.2, 0) is 0 Å². The predicted molar refractivity (Wildman–Crippen MR) is 132 cm³/mol. The molecule has 158 valence electrons. The number of aryl methyl sites for hydroxylation is 7. The van der Waals surface area contributed by atoms with Gasteiger partial charge in [0.25, 0.3) is 0 Å². The lowest BCUT2D eigenvalue weighted by Crippen LogP contribution is -2.11. The molecule has 2 atom stereocenters. The van der Waals surface area contributed by atoms with Crippen molar-refractivity contribution in [1.82, 2.24) is 0 Å². The molecule has 0 fully saturated rings. The largest absolute Gasteiger partial charge is 0.398 e. The minimum Gasteiger partial charge on any atom is -0.398 e. The van der Waals surface area contributed by atoms with Crippen molar-refractivity contribution in [3.05, 3.63) is 97.6 Å². The summed E-state index contributed by atoms with van der Waals surface area (Å²) in [4.78, 5) is 0. The fourth-order valence-electron chi connectivity index (χ4n) is 5.63. The Hall–Kier alpha value is -2.54. The van der Waals surface area contributed by atoms with E-state index in [2.05, 4.69) is 98.7 Å². The van der Waals surface area contributed by atoms with E-state index >= 15 is 0 Å². The van der Waals surface area contributed by atoms with E-state index < -0.39 is 0 Å². The van der Waals surface area contributed by atoms with Gasteiger partial charge in [-0.2, -0.15) is 0 Å². The van der Waals surface area contributed by atoms with Crippen LogP contribution in [0, 0.1) is 48.5 Å². The van der Waals surface area contributed by atoms with E-state index in [9.17, 15) is 0 Å². The van der Waals surface area contributed by atoms with Gasteiger partial charge in [0.2, 0.25) is 0 Å². The molecule has 0 saturated heterocycles. The molecule has 0 unspecified atom stereocenters. The molecule has 0 radical (unpaired) electrons. The molecule has 1 heteroatoms. The smallest absolute Gasteiger partial charge is 0.0391 e. The van der Waals surface area contributed by atoms with Gasteiger partial charge in [-0.05, 0) is 93.0 Å². The van der Waals surface area contributed by atoms with Gasteiger partial charge in [-0.25, -0.2) is 0 Å². The van der Waals surface area contributed by atoms with Gasteiger partial charge >= 0.3 is 0 Å². The highest BCUT2D eigenvalue weighted by Crippen LogP contribution is 2.40. The van der Waals surface area contributed by atoms with E-state index in [0.717, 1.165) is 5.69 Å². The van der Waals surface area contributed by atoms with Crippen molar-refractivity contribution >= 4 is 5.69 Å². The summed E-state index contributed by atoms with van der Waals surface area (Å²) in [5.74, 6) is 0.522. The number of hydrogen-bond acceptors (Lipinski definition) is 1. The number of nitrogen functional groups attached to an aromatic ring is 1. The summed E-state index contributed by atoms with van der Waals surface area (Å²) in [6.45, 7) is 20.0. The average molecular weight is 400 g/mol. The van der Waals surface area contributed by atoms with Crippen LogP contribution in [0.15, 0.2) is 36.4 Å². The average Bonchev–Trinajstić information content (AvgIpc) is 2.61. The second-order valence-corrected chi connectivity index (χ2v) is 9.43. The molecule has 3 aromatic rings. The van der Waals surface area contributed by atoms with Gasteiger partial charge in [-0.1, -0.05) is 66.9 Å². The van der Waals surface area contributed by atoms with Crippen LogP contribution < -0.4 is 5.73 Å². The Morgan fingerprint density at radius 2 is 0.767 bits per heavy atom. The van der Waals surface area contributed by atoms with Crippen molar-refractivity contribution in [2.45, 2.75) is 74.1 Å². The van der Waals surface area contributed by atoms with Crippen molar-refractivity contribution < 1.29 is 0 Å². The van der Waals surface area contributed by atoms with Crippen molar-refractivity contribution in [3.8, 4) is 0 Å². The number of anilines is 1. The molecule has 0 bridgehead atoms. The van der Waals surface area contributed by atoms with Crippen molar-refractivity contribution in [3.63, 3.8) is 0 Å². The third-order valence-electron chi connectivity index (χ3n) is 6.66. The molecule has 0 aliphatic heterocycles. The molecule has 1 nitrogen and oxygen atoms in total. The molecule has 30 heavy (non-hydrogen) atoms. The standard InChI is InChI=1S/C29H37N/c1-16-10-19(4)27(20(5)11-16)23(8)25-14-18(3)15-26(29(25)30)24(9)28-21(6)12-17(2)13-22(28)7/h10-15,23-24H,30H2,1-9H3/t23-,24+. The first-order valence-corrected chi connectivity index (χ1v) is 11.1. The Morgan fingerprint density at radius 1 is 0.500 bits per heavy atom. The molecular formula is C29H37N. The van der Waals surface area contributed by atoms with Gasteiger partial charge < -0.3 is 5.73 Å². The van der Waals surface area contributed by atoms with Crippen LogP contribution in [0.4, 0.5) is 5.69 Å². The van der Waals surface area contributed by atoms with Gasteiger partial charge in [0, 0.05) is 17.5 Å². The maximum Gasteiger partial charge on any atom is 0.0391 e. The zero-order chi connectivity index (χ0) is 22.3. The first kappa shape index (κ1) is 22.2. The minimum absolute atomic E-state index is 0.261. The van der Waals surface area contributed by atoms with E-state index in [-0.39, 0.29) is 11.8 Å². The van der Waals surface area contributed by atoms with E-state index in [1.807, 2.05) is 0 Å². The van der Waals surface area contributed by atoms with Crippen LogP contribution in [-0.4, -0.2) is 0 Å². The van der Waals surface area contributed by atoms with Gasteiger partial charge in [0.05, 0.1) is 0 Å². The zero-order valence-electron chi connectivity index (χ0n) is 20.2. The fraction of sp³-hybridized carbons (Fsp3) is 0.379. The predicted octanol–water partition coefficient (Wildman–Crippen LogP) is 7.73. The van der Waals surface area contributed by atoms with Crippen molar-refractivity contribution in [2.75, 3.05) is 5.73 Å². The molecule has 0 spiro atoms. The van der Waals surface area contributed by atoms with E-state index in [1.54, 1.807) is 0 Å². The topological polar surface area (TPSA) is 26.0 Å². The summed E-state index contributed by atoms with van der Waals surface area (Å²) in [7, 11) is 0. The summed E-state index contributed by atoms with van der Waals surface area (Å²) in [5, 5.41) is 0. The van der Waals surface area contributed by atoms with Gasteiger partial charge in [0.15, 0.2) is 0 Å². The summed E-state index contributed by atoms with van der Waals surface area (Å²) in [6.07, 6.45) is 0. The third-order valence-corrected chi connectivity index (χ3v) is 6.66. The Labute approximate surface area is 183 Å². The zero-order valence-corrected chi connectivity index (χ0v) is 20.2. The third kappa shape index (κ3) is 4.03. The fourth-order valence-corrected chi connectivity index (χ4v) is 5.63. The van der Waals surface area contributed by atoms with Crippen LogP contribution in [0.3, 0.4) is 0 Å². The molecule has 3 rings (SSSR count). The van der Waals surface area contributed by atoms with Crippen LogP contribution in [0.25, 0.3) is 0 Å². The van der Waals surface area contributed by atoms with Crippen molar-refractivity contribution in [1.29, 1.82) is 0 Å². The monoisotopic (exact) mass is 399 g/mol. The maximum atomic E-state index is 6.89. The van der Waals surface area contributed by atoms with Crippen molar-refractivity contribution in [2.24, 2.45) is 0 Å². The minimum atomic E-state index is 0.261. The highest BCUT2D eigenvalue weighted by Gasteiger charge is 2.22. The lowest BCUT2D eigenvalue weighted by atomic mass is 9.80. The maximum absolute atomic E-state index is 6.89. The lowest BCUT2D eigenvalue weighted by Gasteiger charge is -2.26. The molecule has 0 amide bonds. The molecule has 0 saturated carbocycles. The summed E-state index contributed by atoms with van der Waals surface area (Å²) in [5.41, 5.74) is 22.4. The summed E-state index contributed by atoms with van der Waals surface area (Å²) in [6, 6.07) is 13.7. The molecule has 0 aliphatic carbocycles. The first-order chi connectivity index (χ1) is 14.0. The Kier molecular flexibility index (Phi) is 6.13. The SMILES string of the molecule is Cc1cc(C)c([C@H](C)c2cc(C)cc([C@H](C)c3c(C)cc(C)cc3C)c2N)c(C)c1. The molecule has 0 aromatic heterocycles. The van der Waals surface area contributed by atoms with Gasteiger partial charge in [-0.15, -0.1) is 0 Å². The molecule has 0 heterocycles. The molecule has 3 aromatic carbocycles. The Bertz CT molecular complexity index is 973. The Morgan fingerprint density at radius 3 is 1.07 bits per heavy atom. The van der Waals surface area contributed by atoms with Crippen LogP contribution in [0.1, 0.15) is 86.9 Å². The van der Waals surface area contributed by atoms with E-state index in [0.29, 0.717) is 0 Å². The molecule has 2 N–H and O–H groups in total. The van der Waals surface area contributed by atoms with Crippen LogP contribution in [0.5, 0.6) is 0 Å². The van der Waals surface area contributed by atoms with E-state index in [1.165, 1.54) is 61.2 Å². The quantitative estimate of drug-likeness (QED) is 0.446. The second kappa shape index (κ2) is 8.30. The molecular weight excluding hydrogens is 362 g/mol. The highest BCUT2D eigenvalue weighted by molar-refractivity contribution is 5.63. The normalized spacial score (nSPS) is 13.4. The number of hydrogen-bond donors (Lipinski definition) is 1. The summed E-state index contributed by atoms with van der Waals surface area (Å²) >= 11 is 0. The number of benzene rings is 3. The Balaban J connectivity index is 2.16. The molecule has 0 aliphatic rings. The number of rotatable bonds is 4. The van der Waals surface area contributed by atoms with Crippen LogP contribution in [0.2, 0.25) is 0 Å². The number of nitrogens with two attached hydrogens (primary N) is 1.